The molecule has 29 heavy (non-hydrogen) atoms. The molecule has 0 saturated heterocycles. The highest BCUT2D eigenvalue weighted by Gasteiger charge is 2.09. The van der Waals surface area contributed by atoms with Crippen LogP contribution in [0, 0.1) is 0 Å². The van der Waals surface area contributed by atoms with Crippen molar-refractivity contribution in [2.24, 2.45) is 0 Å². The molecule has 0 fully saturated rings. The summed E-state index contributed by atoms with van der Waals surface area (Å²) >= 11 is 4.09. The molecule has 0 aliphatic heterocycles. The maximum absolute atomic E-state index is 11.6. The lowest BCUT2D eigenvalue weighted by Crippen LogP contribution is -2.33. The van der Waals surface area contributed by atoms with Crippen molar-refractivity contribution in [1.29, 1.82) is 0 Å². The Morgan fingerprint density at radius 2 is 1.86 bits per heavy atom. The van der Waals surface area contributed by atoms with E-state index in [0.29, 0.717) is 31.9 Å². The molecule has 0 saturated carbocycles. The molecule has 2 rings (SSSR count). The van der Waals surface area contributed by atoms with Gasteiger partial charge >= 0.3 is 0 Å². The van der Waals surface area contributed by atoms with Crippen molar-refractivity contribution in [1.82, 2.24) is 5.32 Å². The van der Waals surface area contributed by atoms with Crippen molar-refractivity contribution >= 4 is 30.7 Å². The standard InChI is InChI=1S/C23H30N2O3S/c1-3-27-21-8-5-7-20(23(21)28-4-2)11-10-19-12-16-25(17-13-19)15-6-9-22(26)24-14-18-29/h5,7-8,10-13,16-17H,3-4,6,9,14-15,18H2,1-2H3,(H-,24,26,29)/p+1/b11-10+. The fourth-order valence-electron chi connectivity index (χ4n) is 2.85. The quantitative estimate of drug-likeness (QED) is 0.410. The van der Waals surface area contributed by atoms with E-state index in [4.69, 9.17) is 9.47 Å². The third-order valence-electron chi connectivity index (χ3n) is 4.22. The number of hydrogen-bond acceptors (Lipinski definition) is 4. The monoisotopic (exact) mass is 415 g/mol. The number of carbonyl (C=O) groups excluding carboxylic acids is 1. The summed E-state index contributed by atoms with van der Waals surface area (Å²) < 4.78 is 13.6. The number of para-hydroxylation sites is 1. The first kappa shape index (κ1) is 22.8. The van der Waals surface area contributed by atoms with Crippen LogP contribution in [0.25, 0.3) is 12.2 Å². The fraction of sp³-hybridized carbons (Fsp3) is 0.391. The van der Waals surface area contributed by atoms with E-state index in [0.717, 1.165) is 35.6 Å². The zero-order valence-electron chi connectivity index (χ0n) is 17.3. The summed E-state index contributed by atoms with van der Waals surface area (Å²) in [5.74, 6) is 2.28. The van der Waals surface area contributed by atoms with E-state index < -0.39 is 0 Å². The van der Waals surface area contributed by atoms with E-state index in [2.05, 4.69) is 40.7 Å². The van der Waals surface area contributed by atoms with E-state index in [1.807, 2.05) is 50.5 Å². The van der Waals surface area contributed by atoms with Crippen molar-refractivity contribution in [2.45, 2.75) is 33.2 Å². The number of aryl methyl sites for hydroxylation is 1. The molecule has 0 aliphatic rings. The molecule has 6 heteroatoms. The van der Waals surface area contributed by atoms with Gasteiger partial charge in [-0.05, 0) is 25.5 Å². The summed E-state index contributed by atoms with van der Waals surface area (Å²) in [7, 11) is 0. The van der Waals surface area contributed by atoms with E-state index in [1.54, 1.807) is 0 Å². The van der Waals surface area contributed by atoms with Gasteiger partial charge < -0.3 is 14.8 Å². The summed E-state index contributed by atoms with van der Waals surface area (Å²) in [5, 5.41) is 2.83. The number of amides is 1. The van der Waals surface area contributed by atoms with E-state index in [-0.39, 0.29) is 5.91 Å². The van der Waals surface area contributed by atoms with Crippen LogP contribution >= 0.6 is 12.6 Å². The number of rotatable bonds is 12. The molecule has 1 aromatic heterocycles. The van der Waals surface area contributed by atoms with Gasteiger partial charge in [0, 0.05) is 42.8 Å². The van der Waals surface area contributed by atoms with Crippen LogP contribution in [0.1, 0.15) is 37.8 Å². The number of nitrogens with zero attached hydrogens (tertiary/aromatic N) is 1. The zero-order chi connectivity index (χ0) is 20.9. The highest BCUT2D eigenvalue weighted by Crippen LogP contribution is 2.32. The summed E-state index contributed by atoms with van der Waals surface area (Å²) in [5.41, 5.74) is 2.08. The minimum atomic E-state index is 0.0820. The van der Waals surface area contributed by atoms with E-state index in [1.165, 1.54) is 0 Å². The van der Waals surface area contributed by atoms with Gasteiger partial charge in [-0.25, -0.2) is 4.57 Å². The second-order valence-corrected chi connectivity index (χ2v) is 6.87. The van der Waals surface area contributed by atoms with Crippen LogP contribution in [0.4, 0.5) is 0 Å². The number of benzene rings is 1. The van der Waals surface area contributed by atoms with Crippen molar-refractivity contribution in [3.63, 3.8) is 0 Å². The number of aromatic nitrogens is 1. The number of pyridine rings is 1. The Balaban J connectivity index is 1.96. The molecular formula is C23H31N2O3S+. The average molecular weight is 416 g/mol. The van der Waals surface area contributed by atoms with Gasteiger partial charge in [0.15, 0.2) is 23.9 Å². The molecule has 0 aliphatic carbocycles. The molecule has 1 aromatic carbocycles. The first-order valence-electron chi connectivity index (χ1n) is 10.1. The Morgan fingerprint density at radius 3 is 2.55 bits per heavy atom. The van der Waals surface area contributed by atoms with Crippen LogP contribution in [-0.2, 0) is 11.3 Å². The van der Waals surface area contributed by atoms with Crippen molar-refractivity contribution in [2.75, 3.05) is 25.5 Å². The van der Waals surface area contributed by atoms with Gasteiger partial charge in [-0.1, -0.05) is 24.3 Å². The number of nitrogens with one attached hydrogen (secondary N) is 1. The summed E-state index contributed by atoms with van der Waals surface area (Å²) in [6, 6.07) is 10.0. The van der Waals surface area contributed by atoms with Gasteiger partial charge in [0.1, 0.15) is 6.54 Å². The Labute approximate surface area is 179 Å². The molecule has 5 nitrogen and oxygen atoms in total. The number of hydrogen-bond donors (Lipinski definition) is 2. The minimum absolute atomic E-state index is 0.0820. The average Bonchev–Trinajstić information content (AvgIpc) is 2.73. The van der Waals surface area contributed by atoms with Crippen LogP contribution < -0.4 is 19.4 Å². The van der Waals surface area contributed by atoms with E-state index >= 15 is 0 Å². The van der Waals surface area contributed by atoms with E-state index in [9.17, 15) is 4.79 Å². The molecule has 0 atom stereocenters. The van der Waals surface area contributed by atoms with Crippen molar-refractivity contribution in [3.05, 3.63) is 53.9 Å². The van der Waals surface area contributed by atoms with Crippen LogP contribution in [0.15, 0.2) is 42.7 Å². The molecule has 156 valence electrons. The van der Waals surface area contributed by atoms with Gasteiger partial charge in [0.2, 0.25) is 5.91 Å². The minimum Gasteiger partial charge on any atom is -0.490 e. The SMILES string of the molecule is CCOc1cccc(/C=C/c2cc[n+](CCCC(=O)NCCS)cc2)c1OCC. The smallest absolute Gasteiger partial charge is 0.220 e. The largest absolute Gasteiger partial charge is 0.490 e. The Bertz CT molecular complexity index is 791. The second-order valence-electron chi connectivity index (χ2n) is 6.42. The normalized spacial score (nSPS) is 10.9. The summed E-state index contributed by atoms with van der Waals surface area (Å²) in [4.78, 5) is 11.6. The summed E-state index contributed by atoms with van der Waals surface area (Å²) in [6.45, 7) is 6.55. The lowest BCUT2D eigenvalue weighted by atomic mass is 10.1. The highest BCUT2D eigenvalue weighted by molar-refractivity contribution is 7.80. The van der Waals surface area contributed by atoms with Gasteiger partial charge in [-0.2, -0.15) is 12.6 Å². The third kappa shape index (κ3) is 7.81. The predicted molar refractivity (Wildman–Crippen MR) is 120 cm³/mol. The first-order chi connectivity index (χ1) is 14.2. The van der Waals surface area contributed by atoms with Gasteiger partial charge in [-0.15, -0.1) is 0 Å². The highest BCUT2D eigenvalue weighted by atomic mass is 32.1. The van der Waals surface area contributed by atoms with Gasteiger partial charge in [0.25, 0.3) is 0 Å². The van der Waals surface area contributed by atoms with Crippen molar-refractivity contribution < 1.29 is 18.8 Å². The molecule has 0 bridgehead atoms. The zero-order valence-corrected chi connectivity index (χ0v) is 18.2. The first-order valence-corrected chi connectivity index (χ1v) is 10.7. The lowest BCUT2D eigenvalue weighted by molar-refractivity contribution is -0.697. The van der Waals surface area contributed by atoms with Gasteiger partial charge in [0.05, 0.1) is 13.2 Å². The van der Waals surface area contributed by atoms with Crippen molar-refractivity contribution in [3.8, 4) is 11.5 Å². The molecule has 1 amide bonds. The predicted octanol–water partition coefficient (Wildman–Crippen LogP) is 3.77. The Hall–Kier alpha value is -2.47. The van der Waals surface area contributed by atoms with Crippen LogP contribution in [0.5, 0.6) is 11.5 Å². The molecule has 1 N–H and O–H groups in total. The molecule has 0 radical (unpaired) electrons. The second kappa shape index (κ2) is 12.9. The number of ether oxygens (including phenoxy) is 2. The number of carbonyl (C=O) groups is 1. The van der Waals surface area contributed by atoms with Crippen LogP contribution in [-0.4, -0.2) is 31.4 Å². The summed E-state index contributed by atoms with van der Waals surface area (Å²) in [6.07, 6.45) is 9.50. The lowest BCUT2D eigenvalue weighted by Gasteiger charge is -2.13. The molecule has 2 aromatic rings. The number of thiol groups is 1. The molecular weight excluding hydrogens is 384 g/mol. The maximum Gasteiger partial charge on any atom is 0.220 e. The molecule has 0 unspecified atom stereocenters. The van der Waals surface area contributed by atoms with Crippen LogP contribution in [0.3, 0.4) is 0 Å². The third-order valence-corrected chi connectivity index (χ3v) is 4.45. The fourth-order valence-corrected chi connectivity index (χ4v) is 2.96. The Morgan fingerprint density at radius 1 is 1.10 bits per heavy atom. The van der Waals surface area contributed by atoms with Crippen LogP contribution in [0.2, 0.25) is 0 Å². The maximum atomic E-state index is 11.6. The molecule has 1 heterocycles. The Kier molecular flexibility index (Phi) is 10.1. The topological polar surface area (TPSA) is 51.4 Å². The van der Waals surface area contributed by atoms with Gasteiger partial charge in [-0.3, -0.25) is 4.79 Å². The molecule has 0 spiro atoms.